The molecule has 14 heteroatoms. The van der Waals surface area contributed by atoms with Crippen molar-refractivity contribution in [2.75, 3.05) is 40.8 Å². The lowest BCUT2D eigenvalue weighted by molar-refractivity contribution is -0.0459. The van der Waals surface area contributed by atoms with Gasteiger partial charge in [-0.2, -0.15) is 0 Å². The number of ether oxygens (including phenoxy) is 8. The van der Waals surface area contributed by atoms with E-state index < -0.39 is 48.3 Å². The number of nitrogens with zero attached hydrogens (tertiary/aromatic N) is 2. The molecule has 286 valence electrons. The van der Waals surface area contributed by atoms with E-state index in [1.54, 1.807) is 12.1 Å². The maximum atomic E-state index is 13.7. The molecule has 0 aromatic heterocycles. The zero-order valence-electron chi connectivity index (χ0n) is 30.4. The van der Waals surface area contributed by atoms with Crippen LogP contribution in [0.4, 0.5) is 0 Å². The number of hydrogen-bond donors (Lipinski definition) is 0. The fourth-order valence-electron chi connectivity index (χ4n) is 10.0. The van der Waals surface area contributed by atoms with Crippen LogP contribution in [0.3, 0.4) is 0 Å². The monoisotopic (exact) mass is 760 g/mol. The lowest BCUT2D eigenvalue weighted by Gasteiger charge is -2.44. The number of likely N-dealkylation sites (N-methyl/N-ethyl adjacent to an activating group) is 2. The highest BCUT2D eigenvalue weighted by atomic mass is 16.7. The fourth-order valence-corrected chi connectivity index (χ4v) is 10.0. The second-order valence-corrected chi connectivity index (χ2v) is 15.5. The number of rotatable bonds is 4. The molecule has 0 spiro atoms. The summed E-state index contributed by atoms with van der Waals surface area (Å²) in [5.41, 5.74) is 5.03. The maximum Gasteiger partial charge on any atom is 0.339 e. The zero-order valence-corrected chi connectivity index (χ0v) is 30.4. The second-order valence-electron chi connectivity index (χ2n) is 15.5. The van der Waals surface area contributed by atoms with Crippen LogP contribution < -0.4 is 18.9 Å². The molecule has 8 atom stereocenters. The van der Waals surface area contributed by atoms with Crippen LogP contribution in [0.2, 0.25) is 0 Å². The summed E-state index contributed by atoms with van der Waals surface area (Å²) in [4.78, 5) is 58.5. The minimum Gasteiger partial charge on any atom is -0.454 e. The van der Waals surface area contributed by atoms with Crippen LogP contribution in [0, 0.1) is 0 Å². The summed E-state index contributed by atoms with van der Waals surface area (Å²) >= 11 is 0. The highest BCUT2D eigenvalue weighted by molar-refractivity contribution is 5.96. The van der Waals surface area contributed by atoms with E-state index in [0.717, 1.165) is 48.2 Å². The first-order chi connectivity index (χ1) is 27.2. The predicted octanol–water partition coefficient (Wildman–Crippen LogP) is 4.13. The van der Waals surface area contributed by atoms with Crippen molar-refractivity contribution in [3.05, 3.63) is 105 Å². The smallest absolute Gasteiger partial charge is 0.339 e. The first kappa shape index (κ1) is 33.5. The Morgan fingerprint density at radius 2 is 1.00 bits per heavy atom. The fraction of sp³-hybridized carbons (Fsp3) is 0.381. The van der Waals surface area contributed by atoms with Crippen molar-refractivity contribution in [1.82, 2.24) is 9.80 Å². The molecule has 2 aliphatic carbocycles. The van der Waals surface area contributed by atoms with E-state index in [-0.39, 0.29) is 48.6 Å². The number of carbonyl (C=O) groups is 4. The van der Waals surface area contributed by atoms with Crippen molar-refractivity contribution < 1.29 is 57.1 Å². The van der Waals surface area contributed by atoms with Crippen molar-refractivity contribution in [3.63, 3.8) is 0 Å². The molecule has 6 aliphatic heterocycles. The molecule has 0 bridgehead atoms. The standard InChI is InChI=1S/C42H36N2O12/c1-43-9-7-21-11-31(37-33(35(21)43)23-13-27-29(51-17-49-27)15-25(23)41(47)55-37)53-39(45)19-3-5-20(6-4-19)40(46)54-32-12-22-8-10-44(2)36(22)34-24-14-28-30(52-18-50-28)16-26(24)42(48)56-38(32)34/h3-6,11-16,31-38H,7-10,17-18H2,1-2H3/t31-,32-,33-,34-,35+,36+,37+,38+/m0/s1. The average Bonchev–Trinajstić information content (AvgIpc) is 4.01. The Labute approximate surface area is 320 Å². The summed E-state index contributed by atoms with van der Waals surface area (Å²) in [6, 6.07) is 13.0. The molecule has 6 heterocycles. The maximum absolute atomic E-state index is 13.7. The number of carbonyl (C=O) groups excluding carboxylic acids is 4. The number of benzene rings is 3. The first-order valence-electron chi connectivity index (χ1n) is 18.8. The molecule has 2 fully saturated rings. The molecule has 14 nitrogen and oxygen atoms in total. The first-order valence-corrected chi connectivity index (χ1v) is 18.8. The molecule has 2 saturated heterocycles. The third-order valence-corrected chi connectivity index (χ3v) is 12.6. The summed E-state index contributed by atoms with van der Waals surface area (Å²) in [7, 11) is 4.07. The van der Waals surface area contributed by atoms with Gasteiger partial charge < -0.3 is 37.9 Å². The second kappa shape index (κ2) is 12.3. The van der Waals surface area contributed by atoms with Gasteiger partial charge in [-0.3, -0.25) is 9.80 Å². The van der Waals surface area contributed by atoms with Gasteiger partial charge in [-0.05, 0) is 98.7 Å². The third kappa shape index (κ3) is 5.01. The van der Waals surface area contributed by atoms with Gasteiger partial charge in [0.05, 0.1) is 22.3 Å². The molecular weight excluding hydrogens is 724 g/mol. The van der Waals surface area contributed by atoms with Crippen molar-refractivity contribution in [3.8, 4) is 23.0 Å². The zero-order chi connectivity index (χ0) is 38.0. The molecule has 0 unspecified atom stereocenters. The molecule has 0 radical (unpaired) electrons. The quantitative estimate of drug-likeness (QED) is 0.213. The van der Waals surface area contributed by atoms with Crippen molar-refractivity contribution in [2.24, 2.45) is 0 Å². The molecule has 0 N–H and O–H groups in total. The van der Waals surface area contributed by atoms with Crippen LogP contribution in [0.5, 0.6) is 23.0 Å². The SMILES string of the molecule is CN1CCC2=C[C@H](OC(=O)c3ccc(C(=O)O[C@H]4C=C5CCN(C)[C@H]5[C@@H]5c6cc7c(cc6C(=O)O[C@@H]54)OCO7)cc3)[C@H]3OC(=O)c4cc5c(cc4[C@H]3[C@@H]21)OCO5. The summed E-state index contributed by atoms with van der Waals surface area (Å²) < 4.78 is 46.6. The van der Waals surface area contributed by atoms with Gasteiger partial charge in [-0.1, -0.05) is 11.1 Å². The largest absolute Gasteiger partial charge is 0.454 e. The minimum atomic E-state index is -0.841. The molecule has 3 aromatic rings. The van der Waals surface area contributed by atoms with Gasteiger partial charge in [-0.25, -0.2) is 19.2 Å². The normalized spacial score (nSPS) is 30.3. The van der Waals surface area contributed by atoms with Gasteiger partial charge in [-0.15, -0.1) is 0 Å². The van der Waals surface area contributed by atoms with Gasteiger partial charge in [0.25, 0.3) is 0 Å². The minimum absolute atomic E-state index is 0.0424. The Balaban J connectivity index is 0.832. The van der Waals surface area contributed by atoms with Crippen LogP contribution in [-0.2, 0) is 18.9 Å². The Morgan fingerprint density at radius 3 is 1.41 bits per heavy atom. The van der Waals surface area contributed by atoms with E-state index >= 15 is 0 Å². The lowest BCUT2D eigenvalue weighted by atomic mass is 9.73. The van der Waals surface area contributed by atoms with Crippen molar-refractivity contribution >= 4 is 23.9 Å². The predicted molar refractivity (Wildman–Crippen MR) is 192 cm³/mol. The van der Waals surface area contributed by atoms with Crippen molar-refractivity contribution in [1.29, 1.82) is 0 Å². The molecule has 8 aliphatic rings. The van der Waals surface area contributed by atoms with Crippen LogP contribution in [0.25, 0.3) is 0 Å². The number of hydrogen-bond acceptors (Lipinski definition) is 14. The molecule has 56 heavy (non-hydrogen) atoms. The molecule has 3 aromatic carbocycles. The summed E-state index contributed by atoms with van der Waals surface area (Å²) in [6.07, 6.45) is 2.18. The van der Waals surface area contributed by atoms with E-state index in [0.29, 0.717) is 34.1 Å². The Bertz CT molecular complexity index is 2160. The van der Waals surface area contributed by atoms with E-state index in [1.807, 2.05) is 38.4 Å². The third-order valence-electron chi connectivity index (χ3n) is 12.6. The number of likely N-dealkylation sites (tertiary alicyclic amines) is 2. The highest BCUT2D eigenvalue weighted by Crippen LogP contribution is 2.51. The lowest BCUT2D eigenvalue weighted by Crippen LogP contribution is -2.52. The Hall–Kier alpha value is -5.86. The molecule has 0 saturated carbocycles. The Kier molecular flexibility index (Phi) is 7.37. The van der Waals surface area contributed by atoms with Crippen LogP contribution >= 0.6 is 0 Å². The average molecular weight is 761 g/mol. The summed E-state index contributed by atoms with van der Waals surface area (Å²) in [5.74, 6) is -0.776. The van der Waals surface area contributed by atoms with Crippen molar-refractivity contribution in [2.45, 2.75) is 61.2 Å². The van der Waals surface area contributed by atoms with Gasteiger partial charge in [0.1, 0.15) is 0 Å². The highest BCUT2D eigenvalue weighted by Gasteiger charge is 2.54. The van der Waals surface area contributed by atoms with Gasteiger partial charge >= 0.3 is 23.9 Å². The summed E-state index contributed by atoms with van der Waals surface area (Å²) in [5, 5.41) is 0. The van der Waals surface area contributed by atoms with E-state index in [2.05, 4.69) is 9.80 Å². The van der Waals surface area contributed by atoms with E-state index in [4.69, 9.17) is 37.9 Å². The molecule has 0 amide bonds. The van der Waals surface area contributed by atoms with Crippen LogP contribution in [0.15, 0.2) is 71.8 Å². The molecule has 11 rings (SSSR count). The summed E-state index contributed by atoms with van der Waals surface area (Å²) in [6.45, 7) is 1.76. The van der Waals surface area contributed by atoms with E-state index in [1.165, 1.54) is 24.3 Å². The number of fused-ring (bicyclic) bond motifs is 12. The topological polar surface area (TPSA) is 149 Å². The van der Waals surface area contributed by atoms with Gasteiger partial charge in [0.2, 0.25) is 13.6 Å². The van der Waals surface area contributed by atoms with Gasteiger partial charge in [0.15, 0.2) is 47.4 Å². The van der Waals surface area contributed by atoms with Gasteiger partial charge in [0, 0.05) is 37.0 Å². The van der Waals surface area contributed by atoms with E-state index in [9.17, 15) is 19.2 Å². The molecular formula is C42H36N2O12. The Morgan fingerprint density at radius 1 is 0.607 bits per heavy atom. The number of esters is 4. The van der Waals surface area contributed by atoms with Crippen LogP contribution in [0.1, 0.15) is 77.2 Å². The van der Waals surface area contributed by atoms with Crippen LogP contribution in [-0.4, -0.2) is 111 Å².